The molecular weight excluding hydrogens is 304 g/mol. The molecule has 0 bridgehead atoms. The zero-order valence-electron chi connectivity index (χ0n) is 15.6. The second kappa shape index (κ2) is 8.57. The van der Waals surface area contributed by atoms with Crippen LogP contribution in [-0.2, 0) is 4.74 Å². The van der Waals surface area contributed by atoms with Crippen molar-refractivity contribution < 1.29 is 9.53 Å². The summed E-state index contributed by atoms with van der Waals surface area (Å²) in [6.07, 6.45) is 0.371. The third-order valence-electron chi connectivity index (χ3n) is 3.46. The SMILES string of the molecule is Cc1cccc(NC(N)=NCCC(C)N(C)C(=O)OC(C)(C)C)c1. The summed E-state index contributed by atoms with van der Waals surface area (Å²) < 4.78 is 5.35. The van der Waals surface area contributed by atoms with Crippen LogP contribution in [0.5, 0.6) is 0 Å². The number of carbonyl (C=O) groups excluding carboxylic acids is 1. The number of nitrogens with two attached hydrogens (primary N) is 1. The van der Waals surface area contributed by atoms with E-state index >= 15 is 0 Å². The fourth-order valence-corrected chi connectivity index (χ4v) is 1.99. The van der Waals surface area contributed by atoms with Gasteiger partial charge in [-0.2, -0.15) is 0 Å². The van der Waals surface area contributed by atoms with Crippen molar-refractivity contribution in [3.05, 3.63) is 29.8 Å². The first-order valence-corrected chi connectivity index (χ1v) is 8.18. The van der Waals surface area contributed by atoms with E-state index in [2.05, 4.69) is 10.3 Å². The maximum atomic E-state index is 12.0. The highest BCUT2D eigenvalue weighted by Gasteiger charge is 2.22. The zero-order chi connectivity index (χ0) is 18.3. The number of benzene rings is 1. The molecule has 1 aromatic rings. The number of carbonyl (C=O) groups is 1. The van der Waals surface area contributed by atoms with Crippen molar-refractivity contribution in [2.24, 2.45) is 10.7 Å². The molecular formula is C18H30N4O2. The van der Waals surface area contributed by atoms with Gasteiger partial charge in [0, 0.05) is 25.3 Å². The molecule has 1 atom stereocenters. The van der Waals surface area contributed by atoms with Crippen LogP contribution in [0.1, 0.15) is 39.7 Å². The molecule has 24 heavy (non-hydrogen) atoms. The summed E-state index contributed by atoms with van der Waals surface area (Å²) in [6, 6.07) is 7.93. The van der Waals surface area contributed by atoms with Crippen molar-refractivity contribution >= 4 is 17.7 Å². The number of amides is 1. The normalized spacial score (nSPS) is 13.3. The Kier molecular flexibility index (Phi) is 7.07. The number of hydrogen-bond donors (Lipinski definition) is 2. The zero-order valence-corrected chi connectivity index (χ0v) is 15.6. The van der Waals surface area contributed by atoms with Crippen LogP contribution in [0.2, 0.25) is 0 Å². The average molecular weight is 334 g/mol. The van der Waals surface area contributed by atoms with Gasteiger partial charge in [0.1, 0.15) is 5.60 Å². The lowest BCUT2D eigenvalue weighted by atomic mass is 10.2. The van der Waals surface area contributed by atoms with Gasteiger partial charge in [-0.05, 0) is 58.7 Å². The van der Waals surface area contributed by atoms with E-state index in [-0.39, 0.29) is 12.1 Å². The summed E-state index contributed by atoms with van der Waals surface area (Å²) in [5.74, 6) is 0.368. The maximum Gasteiger partial charge on any atom is 0.410 e. The van der Waals surface area contributed by atoms with Gasteiger partial charge in [-0.1, -0.05) is 12.1 Å². The minimum Gasteiger partial charge on any atom is -0.444 e. The lowest BCUT2D eigenvalue weighted by molar-refractivity contribution is 0.0231. The van der Waals surface area contributed by atoms with Gasteiger partial charge >= 0.3 is 6.09 Å². The molecule has 6 nitrogen and oxygen atoms in total. The van der Waals surface area contributed by atoms with Crippen molar-refractivity contribution in [1.29, 1.82) is 0 Å². The highest BCUT2D eigenvalue weighted by atomic mass is 16.6. The van der Waals surface area contributed by atoms with Crippen LogP contribution in [0, 0.1) is 6.92 Å². The molecule has 134 valence electrons. The van der Waals surface area contributed by atoms with E-state index in [0.29, 0.717) is 18.9 Å². The van der Waals surface area contributed by atoms with Crippen molar-refractivity contribution in [2.45, 2.75) is 52.7 Å². The number of guanidine groups is 1. The first-order chi connectivity index (χ1) is 11.1. The predicted octanol–water partition coefficient (Wildman–Crippen LogP) is 3.37. The minimum absolute atomic E-state index is 0.00960. The third kappa shape index (κ3) is 7.35. The van der Waals surface area contributed by atoms with E-state index in [4.69, 9.17) is 10.5 Å². The Bertz CT molecular complexity index is 579. The summed E-state index contributed by atoms with van der Waals surface area (Å²) in [5, 5.41) is 3.06. The summed E-state index contributed by atoms with van der Waals surface area (Å²) in [5.41, 5.74) is 7.47. The lowest BCUT2D eigenvalue weighted by Crippen LogP contribution is -2.39. The number of hydrogen-bond acceptors (Lipinski definition) is 3. The Labute approximate surface area is 145 Å². The maximum absolute atomic E-state index is 12.0. The van der Waals surface area contributed by atoms with E-state index in [1.165, 1.54) is 0 Å². The smallest absolute Gasteiger partial charge is 0.410 e. The van der Waals surface area contributed by atoms with Crippen LogP contribution in [0.25, 0.3) is 0 Å². The molecule has 0 heterocycles. The fraction of sp³-hybridized carbons (Fsp3) is 0.556. The van der Waals surface area contributed by atoms with Crippen molar-refractivity contribution in [3.63, 3.8) is 0 Å². The third-order valence-corrected chi connectivity index (χ3v) is 3.46. The number of aliphatic imine (C=N–C) groups is 1. The summed E-state index contributed by atoms with van der Waals surface area (Å²) in [4.78, 5) is 17.9. The average Bonchev–Trinajstić information content (AvgIpc) is 2.44. The molecule has 0 saturated heterocycles. The molecule has 0 fully saturated rings. The minimum atomic E-state index is -0.495. The number of rotatable bonds is 5. The van der Waals surface area contributed by atoms with Crippen LogP contribution >= 0.6 is 0 Å². The first-order valence-electron chi connectivity index (χ1n) is 8.18. The Balaban J connectivity index is 2.45. The molecule has 1 rings (SSSR count). The van der Waals surface area contributed by atoms with Crippen LogP contribution < -0.4 is 11.1 Å². The van der Waals surface area contributed by atoms with Crippen LogP contribution in [-0.4, -0.2) is 42.2 Å². The Morgan fingerprint density at radius 1 is 1.42 bits per heavy atom. The van der Waals surface area contributed by atoms with E-state index in [1.807, 2.05) is 58.9 Å². The molecule has 1 unspecified atom stereocenters. The number of anilines is 1. The van der Waals surface area contributed by atoms with E-state index < -0.39 is 5.60 Å². The van der Waals surface area contributed by atoms with Gasteiger partial charge in [-0.25, -0.2) is 4.79 Å². The lowest BCUT2D eigenvalue weighted by Gasteiger charge is -2.28. The standard InChI is InChI=1S/C18H30N4O2/c1-13-8-7-9-15(12-13)21-16(19)20-11-10-14(2)22(6)17(23)24-18(3,4)5/h7-9,12,14H,10-11H2,1-6H3,(H3,19,20,21). The van der Waals surface area contributed by atoms with Gasteiger partial charge in [0.2, 0.25) is 0 Å². The Hall–Kier alpha value is -2.24. The molecule has 0 saturated carbocycles. The number of ether oxygens (including phenoxy) is 1. The van der Waals surface area contributed by atoms with Gasteiger partial charge in [0.15, 0.2) is 5.96 Å². The second-order valence-electron chi connectivity index (χ2n) is 6.99. The van der Waals surface area contributed by atoms with E-state index in [1.54, 1.807) is 11.9 Å². The van der Waals surface area contributed by atoms with Gasteiger partial charge in [0.05, 0.1) is 0 Å². The van der Waals surface area contributed by atoms with Gasteiger partial charge in [-0.3, -0.25) is 4.99 Å². The topological polar surface area (TPSA) is 80.0 Å². The highest BCUT2D eigenvalue weighted by molar-refractivity contribution is 5.92. The molecule has 0 aliphatic heterocycles. The fourth-order valence-electron chi connectivity index (χ4n) is 1.99. The second-order valence-corrected chi connectivity index (χ2v) is 6.99. The number of nitrogens with one attached hydrogen (secondary N) is 1. The Morgan fingerprint density at radius 2 is 2.08 bits per heavy atom. The summed E-state index contributed by atoms with van der Waals surface area (Å²) >= 11 is 0. The predicted molar refractivity (Wildman–Crippen MR) is 99.4 cm³/mol. The van der Waals surface area contributed by atoms with Crippen molar-refractivity contribution in [3.8, 4) is 0 Å². The molecule has 0 aliphatic rings. The van der Waals surface area contributed by atoms with Crippen molar-refractivity contribution in [1.82, 2.24) is 4.90 Å². The molecule has 3 N–H and O–H groups in total. The van der Waals surface area contributed by atoms with Gasteiger partial charge in [-0.15, -0.1) is 0 Å². The van der Waals surface area contributed by atoms with Crippen LogP contribution in [0.4, 0.5) is 10.5 Å². The summed E-state index contributed by atoms with van der Waals surface area (Å²) in [6.45, 7) is 10.1. The molecule has 0 aromatic heterocycles. The quantitative estimate of drug-likeness (QED) is 0.639. The largest absolute Gasteiger partial charge is 0.444 e. The first kappa shape index (κ1) is 19.8. The van der Waals surface area contributed by atoms with Crippen molar-refractivity contribution in [2.75, 3.05) is 18.9 Å². The van der Waals surface area contributed by atoms with Gasteiger partial charge < -0.3 is 20.7 Å². The Morgan fingerprint density at radius 3 is 2.67 bits per heavy atom. The van der Waals surface area contributed by atoms with Crippen LogP contribution in [0.15, 0.2) is 29.3 Å². The van der Waals surface area contributed by atoms with E-state index in [0.717, 1.165) is 11.3 Å². The molecule has 0 spiro atoms. The molecule has 0 radical (unpaired) electrons. The monoisotopic (exact) mass is 334 g/mol. The number of aryl methyl sites for hydroxylation is 1. The van der Waals surface area contributed by atoms with Crippen LogP contribution in [0.3, 0.4) is 0 Å². The molecule has 6 heteroatoms. The molecule has 1 amide bonds. The molecule has 1 aromatic carbocycles. The highest BCUT2D eigenvalue weighted by Crippen LogP contribution is 2.12. The van der Waals surface area contributed by atoms with Gasteiger partial charge in [0.25, 0.3) is 0 Å². The number of nitrogens with zero attached hydrogens (tertiary/aromatic N) is 2. The summed E-state index contributed by atoms with van der Waals surface area (Å²) in [7, 11) is 1.73. The van der Waals surface area contributed by atoms with E-state index in [9.17, 15) is 4.79 Å². The molecule has 0 aliphatic carbocycles.